The molecule has 2 aromatic carbocycles. The van der Waals surface area contributed by atoms with E-state index >= 15 is 0 Å². The number of hydrogen-bond donors (Lipinski definition) is 5. The minimum atomic E-state index is -2.72. The summed E-state index contributed by atoms with van der Waals surface area (Å²) >= 11 is 0. The van der Waals surface area contributed by atoms with E-state index in [1.807, 2.05) is 30.0 Å². The van der Waals surface area contributed by atoms with E-state index in [0.29, 0.717) is 61.2 Å². The van der Waals surface area contributed by atoms with Crippen LogP contribution in [0.25, 0.3) is 17.1 Å². The number of hydrogen-bond acceptors (Lipinski definition) is 12. The first kappa shape index (κ1) is 37.6. The van der Waals surface area contributed by atoms with E-state index in [-0.39, 0.29) is 48.5 Å². The zero-order valence-electron chi connectivity index (χ0n) is 29.4. The third-order valence-corrected chi connectivity index (χ3v) is 11.1. The fourth-order valence-corrected chi connectivity index (χ4v) is 8.56. The molecule has 1 aliphatic heterocycles. The van der Waals surface area contributed by atoms with Crippen molar-refractivity contribution >= 4 is 34.6 Å². The summed E-state index contributed by atoms with van der Waals surface area (Å²) < 4.78 is 20.6. The van der Waals surface area contributed by atoms with Gasteiger partial charge in [0.25, 0.3) is 5.91 Å². The van der Waals surface area contributed by atoms with E-state index in [2.05, 4.69) is 4.90 Å². The SMILES string of the molecule is C.CN(C)c1cc(-c2ccc(CN3CCN(c4ccccc4F)CC3)o2)c(O)c2c1C[C@H]1C[C@H]3[C@H](N(C)C)C(=O)C(C(N)=O)=C(O)[C@@]3(O)C(=O)C1=C2O. The van der Waals surface area contributed by atoms with Crippen LogP contribution in [0.15, 0.2) is 63.8 Å². The molecule has 14 heteroatoms. The zero-order valence-corrected chi connectivity index (χ0v) is 29.4. The number of aliphatic hydroxyl groups is 3. The Hall–Kier alpha value is -5.18. The number of nitrogens with zero attached hydrogens (tertiary/aromatic N) is 4. The predicted octanol–water partition coefficient (Wildman–Crippen LogP) is 3.39. The van der Waals surface area contributed by atoms with E-state index in [9.17, 15) is 39.2 Å². The molecule has 7 rings (SSSR count). The van der Waals surface area contributed by atoms with Crippen LogP contribution in [0, 0.1) is 17.7 Å². The number of benzene rings is 2. The van der Waals surface area contributed by atoms with Crippen molar-refractivity contribution in [2.24, 2.45) is 17.6 Å². The number of primary amides is 1. The fourth-order valence-electron chi connectivity index (χ4n) is 8.56. The standard InChI is InChI=1S/C38H42FN5O8.CH4/c1-41(2)26-17-22(27-10-9-20(52-27)18-43-11-13-44(14-12-43)25-8-6-5-7-24(25)39)32(45)29-21(26)15-19-16-23-31(42(3)4)34(47)30(37(40)50)36(49)38(23,51)35(48)28(19)33(29)46;/h5-10,17,19,23,31,45-46,49,51H,11-16,18H2,1-4H3,(H2,40,50);1H4/t19-,23-,31-,38-;/m0./s1. The molecule has 1 saturated carbocycles. The average Bonchev–Trinajstić information content (AvgIpc) is 3.54. The lowest BCUT2D eigenvalue weighted by Crippen LogP contribution is -2.65. The molecule has 0 bridgehead atoms. The molecule has 282 valence electrons. The zero-order chi connectivity index (χ0) is 37.4. The molecule has 1 saturated heterocycles. The second kappa shape index (κ2) is 13.7. The van der Waals surface area contributed by atoms with Gasteiger partial charge in [0, 0.05) is 57.5 Å². The highest BCUT2D eigenvalue weighted by Gasteiger charge is 2.64. The average molecular weight is 732 g/mol. The molecular weight excluding hydrogens is 685 g/mol. The van der Waals surface area contributed by atoms with Crippen LogP contribution in [0.1, 0.15) is 30.7 Å². The molecule has 4 aliphatic rings. The monoisotopic (exact) mass is 731 g/mol. The first-order chi connectivity index (χ1) is 24.6. The van der Waals surface area contributed by atoms with Crippen molar-refractivity contribution in [2.45, 2.75) is 38.5 Å². The number of carbonyl (C=O) groups is 3. The molecule has 6 N–H and O–H groups in total. The molecule has 1 amide bonds. The van der Waals surface area contributed by atoms with E-state index in [1.165, 1.54) is 11.0 Å². The van der Waals surface area contributed by atoms with Crippen molar-refractivity contribution in [3.05, 3.63) is 82.1 Å². The lowest BCUT2D eigenvalue weighted by Gasteiger charge is -2.50. The second-order valence-corrected chi connectivity index (χ2v) is 14.5. The summed E-state index contributed by atoms with van der Waals surface area (Å²) in [4.78, 5) is 47.5. The Morgan fingerprint density at radius 2 is 1.72 bits per heavy atom. The smallest absolute Gasteiger partial charge is 0.255 e. The van der Waals surface area contributed by atoms with Gasteiger partial charge >= 0.3 is 0 Å². The lowest BCUT2D eigenvalue weighted by molar-refractivity contribution is -0.153. The minimum absolute atomic E-state index is 0. The Bertz CT molecular complexity index is 2060. The molecule has 2 heterocycles. The molecule has 1 aromatic heterocycles. The van der Waals surface area contributed by atoms with Crippen LogP contribution >= 0.6 is 0 Å². The molecule has 13 nitrogen and oxygen atoms in total. The van der Waals surface area contributed by atoms with E-state index in [1.54, 1.807) is 44.4 Å². The van der Waals surface area contributed by atoms with Crippen molar-refractivity contribution in [1.82, 2.24) is 9.80 Å². The predicted molar refractivity (Wildman–Crippen MR) is 197 cm³/mol. The Morgan fingerprint density at radius 1 is 1.04 bits per heavy atom. The van der Waals surface area contributed by atoms with Crippen molar-refractivity contribution in [3.63, 3.8) is 0 Å². The molecular formula is C39H46FN5O8. The number of ketones is 2. The number of Topliss-reactive ketones (excluding diaryl/α,β-unsaturated/α-hetero) is 2. The summed E-state index contributed by atoms with van der Waals surface area (Å²) in [5.41, 5.74) is 3.65. The van der Waals surface area contributed by atoms with E-state index < -0.39 is 58.0 Å². The molecule has 2 fully saturated rings. The number of halogens is 1. The van der Waals surface area contributed by atoms with Gasteiger partial charge in [0.2, 0.25) is 5.78 Å². The van der Waals surface area contributed by atoms with Crippen molar-refractivity contribution in [3.8, 4) is 17.1 Å². The normalized spacial score (nSPS) is 24.5. The summed E-state index contributed by atoms with van der Waals surface area (Å²) in [6.07, 6.45) is 0.162. The number of aromatic hydroxyl groups is 1. The number of carbonyl (C=O) groups excluding carboxylic acids is 3. The number of amides is 1. The third-order valence-electron chi connectivity index (χ3n) is 11.1. The van der Waals surface area contributed by atoms with Crippen LogP contribution in [0.2, 0.25) is 0 Å². The topological polar surface area (TPSA) is 184 Å². The maximum absolute atomic E-state index is 14.3. The van der Waals surface area contributed by atoms with E-state index in [0.717, 1.165) is 0 Å². The second-order valence-electron chi connectivity index (χ2n) is 14.5. The molecule has 0 spiro atoms. The number of aliphatic hydroxyl groups excluding tert-OH is 2. The maximum Gasteiger partial charge on any atom is 0.255 e. The van der Waals surface area contributed by atoms with Crippen molar-refractivity contribution in [1.29, 1.82) is 0 Å². The maximum atomic E-state index is 14.3. The fraction of sp³-hybridized carbons (Fsp3) is 0.410. The Balaban J connectivity index is 0.00000481. The van der Waals surface area contributed by atoms with Crippen LogP contribution in [-0.2, 0) is 27.3 Å². The first-order valence-electron chi connectivity index (χ1n) is 17.2. The number of rotatable bonds is 7. The highest BCUT2D eigenvalue weighted by Crippen LogP contribution is 2.55. The van der Waals surface area contributed by atoms with Gasteiger partial charge in [0.1, 0.15) is 40.2 Å². The van der Waals surface area contributed by atoms with Crippen molar-refractivity contribution < 1.29 is 43.6 Å². The van der Waals surface area contributed by atoms with Crippen LogP contribution < -0.4 is 15.5 Å². The summed E-state index contributed by atoms with van der Waals surface area (Å²) in [6, 6.07) is 10.8. The van der Waals surface area contributed by atoms with Gasteiger partial charge in [-0.2, -0.15) is 0 Å². The number of piperazine rings is 1. The summed E-state index contributed by atoms with van der Waals surface area (Å²) in [6.45, 7) is 3.11. The van der Waals surface area contributed by atoms with Crippen LogP contribution in [0.5, 0.6) is 5.75 Å². The van der Waals surface area contributed by atoms with Gasteiger partial charge in [0.05, 0.1) is 29.4 Å². The Labute approximate surface area is 307 Å². The number of fused-ring (bicyclic) bond motifs is 3. The summed E-state index contributed by atoms with van der Waals surface area (Å²) in [5, 5.41) is 46.7. The van der Waals surface area contributed by atoms with Crippen molar-refractivity contribution in [2.75, 3.05) is 64.2 Å². The molecule has 53 heavy (non-hydrogen) atoms. The number of likely N-dealkylation sites (N-methyl/N-ethyl adjacent to an activating group) is 1. The molecule has 0 radical (unpaired) electrons. The number of para-hydroxylation sites is 1. The number of nitrogens with two attached hydrogens (primary N) is 1. The molecule has 4 atom stereocenters. The molecule has 0 unspecified atom stereocenters. The van der Waals surface area contributed by atoms with Gasteiger partial charge in [-0.3, -0.25) is 24.2 Å². The first-order valence-corrected chi connectivity index (χ1v) is 17.2. The number of phenolic OH excluding ortho intramolecular Hbond substituents is 1. The van der Waals surface area contributed by atoms with Gasteiger partial charge in [-0.25, -0.2) is 4.39 Å². The quantitative estimate of drug-likeness (QED) is 0.224. The Kier molecular flexibility index (Phi) is 9.69. The highest BCUT2D eigenvalue weighted by atomic mass is 19.1. The van der Waals surface area contributed by atoms with Crippen LogP contribution in [0.3, 0.4) is 0 Å². The summed E-state index contributed by atoms with van der Waals surface area (Å²) in [5.74, 6) is -6.36. The van der Waals surface area contributed by atoms with Gasteiger partial charge in [0.15, 0.2) is 11.4 Å². The number of phenols is 1. The van der Waals surface area contributed by atoms with Gasteiger partial charge in [-0.15, -0.1) is 0 Å². The lowest BCUT2D eigenvalue weighted by atomic mass is 9.57. The van der Waals surface area contributed by atoms with Gasteiger partial charge < -0.3 is 40.4 Å². The van der Waals surface area contributed by atoms with E-state index in [4.69, 9.17) is 10.2 Å². The third kappa shape index (κ3) is 5.85. The highest BCUT2D eigenvalue weighted by molar-refractivity contribution is 6.24. The Morgan fingerprint density at radius 3 is 2.34 bits per heavy atom. The van der Waals surface area contributed by atoms with Gasteiger partial charge in [-0.05, 0) is 68.8 Å². The largest absolute Gasteiger partial charge is 0.508 e. The summed E-state index contributed by atoms with van der Waals surface area (Å²) in [7, 11) is 6.74. The van der Waals surface area contributed by atoms with Crippen LogP contribution in [0.4, 0.5) is 15.8 Å². The minimum Gasteiger partial charge on any atom is -0.508 e. The number of furan rings is 1. The number of anilines is 2. The molecule has 3 aromatic rings. The molecule has 3 aliphatic carbocycles. The van der Waals surface area contributed by atoms with Crippen LogP contribution in [-0.4, -0.2) is 114 Å². The van der Waals surface area contributed by atoms with Gasteiger partial charge in [-0.1, -0.05) is 19.6 Å².